The molecular weight excluding hydrogens is 462 g/mol. The second-order valence-electron chi connectivity index (χ2n) is 9.05. The third-order valence-electron chi connectivity index (χ3n) is 6.79. The number of benzene rings is 3. The average molecular weight is 492 g/mol. The molecule has 0 aromatic heterocycles. The molecule has 5 rings (SSSR count). The summed E-state index contributed by atoms with van der Waals surface area (Å²) in [5.74, 6) is 0.935. The predicted octanol–water partition coefficient (Wildman–Crippen LogP) is 4.54. The molecule has 3 aromatic rings. The Hall–Kier alpha value is -3.36. The van der Waals surface area contributed by atoms with Gasteiger partial charge in [0.05, 0.1) is 30.7 Å². The molecule has 0 radical (unpaired) electrons. The van der Waals surface area contributed by atoms with Gasteiger partial charge in [0.1, 0.15) is 10.6 Å². The Bertz CT molecular complexity index is 1330. The largest absolute Gasteiger partial charge is 0.497 e. The minimum atomic E-state index is -3.72. The molecule has 0 spiro atoms. The van der Waals surface area contributed by atoms with Crippen LogP contribution in [-0.4, -0.2) is 52.4 Å². The summed E-state index contributed by atoms with van der Waals surface area (Å²) in [7, 11) is -2.13. The highest BCUT2D eigenvalue weighted by Crippen LogP contribution is 2.40. The van der Waals surface area contributed by atoms with E-state index in [-0.39, 0.29) is 16.6 Å². The Morgan fingerprint density at radius 3 is 2.46 bits per heavy atom. The van der Waals surface area contributed by atoms with E-state index in [0.29, 0.717) is 35.8 Å². The minimum Gasteiger partial charge on any atom is -0.497 e. The van der Waals surface area contributed by atoms with E-state index < -0.39 is 10.0 Å². The summed E-state index contributed by atoms with van der Waals surface area (Å²) in [6.07, 6.45) is 1.66. The monoisotopic (exact) mass is 491 g/mol. The molecule has 0 atom stereocenters. The lowest BCUT2D eigenvalue weighted by Crippen LogP contribution is -2.42. The molecule has 8 heteroatoms. The van der Waals surface area contributed by atoms with Gasteiger partial charge in [-0.1, -0.05) is 36.4 Å². The molecule has 3 aromatic carbocycles. The van der Waals surface area contributed by atoms with Gasteiger partial charge in [-0.25, -0.2) is 8.42 Å². The predicted molar refractivity (Wildman–Crippen MR) is 137 cm³/mol. The SMILES string of the molecule is COc1cccc(C(=O)CN2CCC(CN3c4ccccc4Nc4ccccc4S3(=O)=O)CC2)c1. The molecule has 1 saturated heterocycles. The number of sulfonamides is 1. The number of carbonyl (C=O) groups is 1. The number of Topliss-reactive ketones (excluding diaryl/α,β-unsaturated/α-hetero) is 1. The van der Waals surface area contributed by atoms with Crippen molar-refractivity contribution in [1.29, 1.82) is 0 Å². The van der Waals surface area contributed by atoms with Crippen LogP contribution in [-0.2, 0) is 10.0 Å². The van der Waals surface area contributed by atoms with Gasteiger partial charge in [-0.2, -0.15) is 0 Å². The van der Waals surface area contributed by atoms with E-state index in [2.05, 4.69) is 10.2 Å². The van der Waals surface area contributed by atoms with E-state index in [9.17, 15) is 13.2 Å². The molecule has 1 fully saturated rings. The summed E-state index contributed by atoms with van der Waals surface area (Å²) >= 11 is 0. The molecule has 2 aliphatic heterocycles. The van der Waals surface area contributed by atoms with Gasteiger partial charge in [0.2, 0.25) is 0 Å². The normalized spacial score (nSPS) is 17.6. The molecule has 0 saturated carbocycles. The second kappa shape index (κ2) is 9.71. The smallest absolute Gasteiger partial charge is 0.266 e. The lowest BCUT2D eigenvalue weighted by Gasteiger charge is -2.34. The summed E-state index contributed by atoms with van der Waals surface area (Å²) in [4.78, 5) is 15.2. The van der Waals surface area contributed by atoms with Crippen LogP contribution in [0, 0.1) is 5.92 Å². The zero-order chi connectivity index (χ0) is 24.4. The van der Waals surface area contributed by atoms with Gasteiger partial charge in [-0.05, 0) is 68.2 Å². The standard InChI is InChI=1S/C27H29N3O4S/c1-34-22-8-6-7-21(17-22)26(31)19-29-15-13-20(14-16-29)18-30-25-11-4-2-9-23(25)28-24-10-3-5-12-27(24)35(30,32)33/h2-12,17,20,28H,13-16,18-19H2,1H3. The van der Waals surface area contributed by atoms with E-state index in [4.69, 9.17) is 4.74 Å². The molecule has 2 heterocycles. The number of fused-ring (bicyclic) bond motifs is 2. The number of para-hydroxylation sites is 3. The van der Waals surface area contributed by atoms with Crippen molar-refractivity contribution in [3.8, 4) is 5.75 Å². The first kappa shape index (κ1) is 23.4. The number of nitrogens with one attached hydrogen (secondary N) is 1. The summed E-state index contributed by atoms with van der Waals surface area (Å²) in [6.45, 7) is 2.27. The van der Waals surface area contributed by atoms with Crippen LogP contribution in [0.15, 0.2) is 77.7 Å². The van der Waals surface area contributed by atoms with Crippen LogP contribution >= 0.6 is 0 Å². The first-order valence-electron chi connectivity index (χ1n) is 11.8. The molecule has 1 N–H and O–H groups in total. The molecule has 0 bridgehead atoms. The Morgan fingerprint density at radius 2 is 1.69 bits per heavy atom. The van der Waals surface area contributed by atoms with Gasteiger partial charge in [-0.15, -0.1) is 0 Å². The molecule has 7 nitrogen and oxygen atoms in total. The highest BCUT2D eigenvalue weighted by molar-refractivity contribution is 7.93. The van der Waals surface area contributed by atoms with E-state index in [1.165, 1.54) is 0 Å². The van der Waals surface area contributed by atoms with Crippen LogP contribution in [0.25, 0.3) is 0 Å². The summed E-state index contributed by atoms with van der Waals surface area (Å²) in [5.41, 5.74) is 2.68. The summed E-state index contributed by atoms with van der Waals surface area (Å²) in [5, 5.41) is 3.30. The number of piperidine rings is 1. The van der Waals surface area contributed by atoms with E-state index in [1.54, 1.807) is 35.7 Å². The second-order valence-corrected chi connectivity index (χ2v) is 10.9. The van der Waals surface area contributed by atoms with Gasteiger partial charge >= 0.3 is 0 Å². The van der Waals surface area contributed by atoms with Gasteiger partial charge in [0, 0.05) is 12.1 Å². The molecule has 35 heavy (non-hydrogen) atoms. The highest BCUT2D eigenvalue weighted by atomic mass is 32.2. The Kier molecular flexibility index (Phi) is 6.49. The maximum absolute atomic E-state index is 13.7. The Balaban J connectivity index is 1.29. The third kappa shape index (κ3) is 4.76. The topological polar surface area (TPSA) is 79.0 Å². The number of hydrogen-bond donors (Lipinski definition) is 1. The Morgan fingerprint density at radius 1 is 0.971 bits per heavy atom. The molecule has 0 aliphatic carbocycles. The molecular formula is C27H29N3O4S. The minimum absolute atomic E-state index is 0.0639. The maximum atomic E-state index is 13.7. The number of hydrogen-bond acceptors (Lipinski definition) is 6. The molecule has 0 unspecified atom stereocenters. The van der Waals surface area contributed by atoms with Crippen molar-refractivity contribution in [3.63, 3.8) is 0 Å². The molecule has 182 valence electrons. The Labute approximate surface area is 206 Å². The van der Waals surface area contributed by atoms with Crippen molar-refractivity contribution < 1.29 is 17.9 Å². The fourth-order valence-electron chi connectivity index (χ4n) is 4.83. The maximum Gasteiger partial charge on any atom is 0.266 e. The van der Waals surface area contributed by atoms with E-state index in [1.807, 2.05) is 48.5 Å². The molecule has 2 aliphatic rings. The van der Waals surface area contributed by atoms with E-state index >= 15 is 0 Å². The zero-order valence-corrected chi connectivity index (χ0v) is 20.5. The highest BCUT2D eigenvalue weighted by Gasteiger charge is 2.34. The van der Waals surface area contributed by atoms with Crippen LogP contribution in [0.3, 0.4) is 0 Å². The van der Waals surface area contributed by atoms with Crippen LogP contribution in [0.4, 0.5) is 17.1 Å². The number of ether oxygens (including phenoxy) is 1. The van der Waals surface area contributed by atoms with Gasteiger partial charge in [0.25, 0.3) is 10.0 Å². The van der Waals surface area contributed by atoms with Crippen molar-refractivity contribution in [2.75, 3.05) is 42.9 Å². The molecule has 0 amide bonds. The van der Waals surface area contributed by atoms with Gasteiger partial charge < -0.3 is 10.1 Å². The van der Waals surface area contributed by atoms with Crippen LogP contribution < -0.4 is 14.4 Å². The first-order valence-corrected chi connectivity index (χ1v) is 13.3. The zero-order valence-electron chi connectivity index (χ0n) is 19.7. The number of nitrogens with zero attached hydrogens (tertiary/aromatic N) is 2. The number of ketones is 1. The van der Waals surface area contributed by atoms with Crippen molar-refractivity contribution in [2.24, 2.45) is 5.92 Å². The lowest BCUT2D eigenvalue weighted by atomic mass is 9.96. The summed E-state index contributed by atoms with van der Waals surface area (Å²) < 4.78 is 34.2. The van der Waals surface area contributed by atoms with Crippen molar-refractivity contribution in [1.82, 2.24) is 4.90 Å². The fourth-order valence-corrected chi connectivity index (χ4v) is 6.54. The van der Waals surface area contributed by atoms with Gasteiger partial charge in [-0.3, -0.25) is 14.0 Å². The third-order valence-corrected chi connectivity index (χ3v) is 8.63. The van der Waals surface area contributed by atoms with Crippen molar-refractivity contribution >= 4 is 32.9 Å². The number of anilines is 3. The van der Waals surface area contributed by atoms with Crippen molar-refractivity contribution in [3.05, 3.63) is 78.4 Å². The summed E-state index contributed by atoms with van der Waals surface area (Å²) in [6, 6.07) is 21.8. The first-order chi connectivity index (χ1) is 17.0. The van der Waals surface area contributed by atoms with Crippen molar-refractivity contribution in [2.45, 2.75) is 17.7 Å². The number of rotatable bonds is 6. The number of likely N-dealkylation sites (tertiary alicyclic amines) is 1. The van der Waals surface area contributed by atoms with Crippen LogP contribution in [0.1, 0.15) is 23.2 Å². The number of methoxy groups -OCH3 is 1. The lowest BCUT2D eigenvalue weighted by molar-refractivity contribution is 0.0897. The van der Waals surface area contributed by atoms with E-state index in [0.717, 1.165) is 31.6 Å². The quantitative estimate of drug-likeness (QED) is 0.510. The fraction of sp³-hybridized carbons (Fsp3) is 0.296. The van der Waals surface area contributed by atoms with Crippen LogP contribution in [0.2, 0.25) is 0 Å². The average Bonchev–Trinajstić information content (AvgIpc) is 2.97. The van der Waals surface area contributed by atoms with Gasteiger partial charge in [0.15, 0.2) is 5.78 Å². The number of carbonyl (C=O) groups excluding carboxylic acids is 1. The van der Waals surface area contributed by atoms with Crippen LogP contribution in [0.5, 0.6) is 5.75 Å².